The Morgan fingerprint density at radius 2 is 1.45 bits per heavy atom. The van der Waals surface area contributed by atoms with E-state index in [1.54, 1.807) is 48.5 Å². The minimum atomic E-state index is -1.74. The molecule has 0 radical (unpaired) electrons. The van der Waals surface area contributed by atoms with Crippen LogP contribution in [0.1, 0.15) is 44.3 Å². The number of esters is 1. The zero-order valence-electron chi connectivity index (χ0n) is 17.8. The summed E-state index contributed by atoms with van der Waals surface area (Å²) in [6.07, 6.45) is 0.0245. The first kappa shape index (κ1) is 20.6. The van der Waals surface area contributed by atoms with Gasteiger partial charge in [-0.05, 0) is 23.3 Å². The topological polar surface area (TPSA) is 85.3 Å². The zero-order valence-corrected chi connectivity index (χ0v) is 17.8. The molecule has 2 aliphatic heterocycles. The van der Waals surface area contributed by atoms with Gasteiger partial charge in [0.1, 0.15) is 6.04 Å². The Morgan fingerprint density at radius 1 is 0.909 bits per heavy atom. The molecule has 0 unspecified atom stereocenters. The third kappa shape index (κ3) is 3.20. The summed E-state index contributed by atoms with van der Waals surface area (Å²) in [5.74, 6) is -1.71. The van der Waals surface area contributed by atoms with Gasteiger partial charge in [0.05, 0.1) is 23.9 Å². The first-order valence-electron chi connectivity index (χ1n) is 10.5. The minimum absolute atomic E-state index is 0.0245. The molecular formula is C26H20N2O5. The third-order valence-corrected chi connectivity index (χ3v) is 6.03. The standard InChI is InChI=1S/C26H20N2O5/c1-32-25(31)26(16-21(27-33-26)17-10-4-2-5-11-17)22(18-12-6-3-7-13-18)28-23(29)19-14-8-9-15-20(19)24(28)30/h2-15,22H,16H2,1H3/t22-,26-/m1/s1. The second-order valence-electron chi connectivity index (χ2n) is 7.89. The van der Waals surface area contributed by atoms with Crippen molar-refractivity contribution in [1.82, 2.24) is 4.90 Å². The van der Waals surface area contributed by atoms with E-state index in [1.165, 1.54) is 7.11 Å². The molecule has 3 aromatic carbocycles. The molecule has 5 rings (SSSR count). The van der Waals surface area contributed by atoms with Gasteiger partial charge in [-0.1, -0.05) is 78.0 Å². The summed E-state index contributed by atoms with van der Waals surface area (Å²) in [6.45, 7) is 0. The Morgan fingerprint density at radius 3 is 2.03 bits per heavy atom. The summed E-state index contributed by atoms with van der Waals surface area (Å²) in [5, 5.41) is 4.21. The van der Waals surface area contributed by atoms with Gasteiger partial charge in [-0.25, -0.2) is 4.79 Å². The molecule has 0 fully saturated rings. The molecule has 0 aromatic heterocycles. The fraction of sp³-hybridized carbons (Fsp3) is 0.154. The summed E-state index contributed by atoms with van der Waals surface area (Å²) in [5.41, 5.74) is 0.684. The maximum absolute atomic E-state index is 13.4. The summed E-state index contributed by atoms with van der Waals surface area (Å²) in [4.78, 5) is 47.1. The largest absolute Gasteiger partial charge is 0.466 e. The lowest BCUT2D eigenvalue weighted by molar-refractivity contribution is -0.173. The van der Waals surface area contributed by atoms with Crippen molar-refractivity contribution < 1.29 is 24.0 Å². The third-order valence-electron chi connectivity index (χ3n) is 6.03. The van der Waals surface area contributed by atoms with Gasteiger partial charge in [-0.15, -0.1) is 0 Å². The number of oxime groups is 1. The lowest BCUT2D eigenvalue weighted by Gasteiger charge is -2.37. The van der Waals surface area contributed by atoms with Gasteiger partial charge in [0, 0.05) is 6.42 Å². The van der Waals surface area contributed by atoms with E-state index in [2.05, 4.69) is 5.16 Å². The maximum atomic E-state index is 13.4. The van der Waals surface area contributed by atoms with Crippen LogP contribution in [0.2, 0.25) is 0 Å². The number of fused-ring (bicyclic) bond motifs is 1. The highest BCUT2D eigenvalue weighted by atomic mass is 16.7. The highest BCUT2D eigenvalue weighted by Gasteiger charge is 2.60. The van der Waals surface area contributed by atoms with Crippen molar-refractivity contribution in [3.8, 4) is 0 Å². The number of carbonyl (C=O) groups excluding carboxylic acids is 3. The predicted octanol–water partition coefficient (Wildman–Crippen LogP) is 3.76. The van der Waals surface area contributed by atoms with Crippen LogP contribution < -0.4 is 0 Å². The number of benzene rings is 3. The van der Waals surface area contributed by atoms with Crippen LogP contribution in [0.25, 0.3) is 0 Å². The van der Waals surface area contributed by atoms with Crippen molar-refractivity contribution in [2.45, 2.75) is 18.1 Å². The first-order valence-corrected chi connectivity index (χ1v) is 10.5. The number of imide groups is 1. The number of hydrogen-bond acceptors (Lipinski definition) is 6. The lowest BCUT2D eigenvalue weighted by Crippen LogP contribution is -2.54. The van der Waals surface area contributed by atoms with E-state index in [1.807, 2.05) is 36.4 Å². The maximum Gasteiger partial charge on any atom is 0.356 e. The van der Waals surface area contributed by atoms with E-state index >= 15 is 0 Å². The van der Waals surface area contributed by atoms with Crippen molar-refractivity contribution in [3.05, 3.63) is 107 Å². The van der Waals surface area contributed by atoms with E-state index in [4.69, 9.17) is 9.57 Å². The van der Waals surface area contributed by atoms with Gasteiger partial charge in [-0.2, -0.15) is 0 Å². The van der Waals surface area contributed by atoms with Crippen LogP contribution >= 0.6 is 0 Å². The molecule has 33 heavy (non-hydrogen) atoms. The molecule has 0 saturated carbocycles. The SMILES string of the molecule is COC(=O)[C@]1([C@@H](c2ccccc2)N2C(=O)c3ccccc3C2=O)CC(c2ccccc2)=NO1. The first-order chi connectivity index (χ1) is 16.1. The second kappa shape index (κ2) is 8.02. The summed E-state index contributed by atoms with van der Waals surface area (Å²) < 4.78 is 5.14. The number of ether oxygens (including phenoxy) is 1. The fourth-order valence-corrected chi connectivity index (χ4v) is 4.48. The van der Waals surface area contributed by atoms with Gasteiger partial charge >= 0.3 is 5.97 Å². The molecule has 7 nitrogen and oxygen atoms in total. The Labute approximate surface area is 190 Å². The van der Waals surface area contributed by atoms with Gasteiger partial charge in [-0.3, -0.25) is 14.5 Å². The van der Waals surface area contributed by atoms with Crippen LogP contribution in [-0.2, 0) is 14.4 Å². The molecule has 3 aromatic rings. The van der Waals surface area contributed by atoms with Crippen LogP contribution in [0.4, 0.5) is 0 Å². The lowest BCUT2D eigenvalue weighted by atomic mass is 9.82. The van der Waals surface area contributed by atoms with Crippen molar-refractivity contribution >= 4 is 23.5 Å². The molecule has 7 heteroatoms. The van der Waals surface area contributed by atoms with Gasteiger partial charge in [0.25, 0.3) is 17.4 Å². The van der Waals surface area contributed by atoms with Gasteiger partial charge < -0.3 is 9.57 Å². The van der Waals surface area contributed by atoms with Crippen LogP contribution in [0.3, 0.4) is 0 Å². The van der Waals surface area contributed by atoms with Crippen molar-refractivity contribution in [3.63, 3.8) is 0 Å². The van der Waals surface area contributed by atoms with Gasteiger partial charge in [0.2, 0.25) is 0 Å². The molecule has 0 N–H and O–H groups in total. The molecule has 2 heterocycles. The number of methoxy groups -OCH3 is 1. The molecule has 0 bridgehead atoms. The zero-order chi connectivity index (χ0) is 23.0. The Hall–Kier alpha value is -4.26. The van der Waals surface area contributed by atoms with E-state index in [9.17, 15) is 14.4 Å². The molecular weight excluding hydrogens is 420 g/mol. The average Bonchev–Trinajstić information content (AvgIpc) is 3.42. The Balaban J connectivity index is 1.66. The highest BCUT2D eigenvalue weighted by molar-refractivity contribution is 6.22. The van der Waals surface area contributed by atoms with Crippen molar-refractivity contribution in [2.24, 2.45) is 5.16 Å². The van der Waals surface area contributed by atoms with Crippen molar-refractivity contribution in [2.75, 3.05) is 7.11 Å². The molecule has 2 amide bonds. The highest BCUT2D eigenvalue weighted by Crippen LogP contribution is 2.45. The monoisotopic (exact) mass is 440 g/mol. The molecule has 0 spiro atoms. The van der Waals surface area contributed by atoms with Crippen LogP contribution in [0.5, 0.6) is 0 Å². The number of hydrogen-bond donors (Lipinski definition) is 0. The number of amides is 2. The second-order valence-corrected chi connectivity index (χ2v) is 7.89. The molecule has 0 saturated heterocycles. The van der Waals surface area contributed by atoms with E-state index in [0.717, 1.165) is 10.5 Å². The normalized spacial score (nSPS) is 20.2. The quantitative estimate of drug-likeness (QED) is 0.446. The van der Waals surface area contributed by atoms with Crippen LogP contribution in [0, 0.1) is 0 Å². The fourth-order valence-electron chi connectivity index (χ4n) is 4.48. The Bertz CT molecular complexity index is 1240. The summed E-state index contributed by atoms with van der Waals surface area (Å²) in [7, 11) is 1.25. The number of nitrogens with zero attached hydrogens (tertiary/aromatic N) is 2. The smallest absolute Gasteiger partial charge is 0.356 e. The number of rotatable bonds is 5. The predicted molar refractivity (Wildman–Crippen MR) is 120 cm³/mol. The Kier molecular flexibility index (Phi) is 5.01. The van der Waals surface area contributed by atoms with Gasteiger partial charge in [0.15, 0.2) is 0 Å². The van der Waals surface area contributed by atoms with E-state index in [0.29, 0.717) is 11.3 Å². The molecule has 164 valence electrons. The van der Waals surface area contributed by atoms with Crippen molar-refractivity contribution in [1.29, 1.82) is 0 Å². The summed E-state index contributed by atoms with van der Waals surface area (Å²) in [6, 6.07) is 23.7. The molecule has 0 aliphatic carbocycles. The summed E-state index contributed by atoms with van der Waals surface area (Å²) >= 11 is 0. The van der Waals surface area contributed by atoms with E-state index in [-0.39, 0.29) is 17.5 Å². The van der Waals surface area contributed by atoms with E-state index < -0.39 is 29.4 Å². The minimum Gasteiger partial charge on any atom is -0.466 e. The van der Waals surface area contributed by atoms with Crippen LogP contribution in [-0.4, -0.2) is 41.1 Å². The molecule has 2 aliphatic rings. The van der Waals surface area contributed by atoms with Crippen LogP contribution in [0.15, 0.2) is 90.1 Å². The number of carbonyl (C=O) groups is 3. The average molecular weight is 440 g/mol. The molecule has 2 atom stereocenters.